The van der Waals surface area contributed by atoms with Crippen LogP contribution in [-0.2, 0) is 4.79 Å². The maximum absolute atomic E-state index is 11.9. The Kier molecular flexibility index (Phi) is 5.63. The summed E-state index contributed by atoms with van der Waals surface area (Å²) in [6.07, 6.45) is 3.85. The molecule has 0 heterocycles. The van der Waals surface area contributed by atoms with Gasteiger partial charge in [0.1, 0.15) is 0 Å². The van der Waals surface area contributed by atoms with Crippen LogP contribution in [0.1, 0.15) is 52.9 Å². The first-order valence-corrected chi connectivity index (χ1v) is 7.12. The molecule has 0 aliphatic heterocycles. The lowest BCUT2D eigenvalue weighted by atomic mass is 9.84. The Morgan fingerprint density at radius 3 is 2.42 bits per heavy atom. The van der Waals surface area contributed by atoms with E-state index < -0.39 is 5.97 Å². The zero-order chi connectivity index (χ0) is 14.5. The Labute approximate surface area is 115 Å². The van der Waals surface area contributed by atoms with Gasteiger partial charge < -0.3 is 15.3 Å². The molecular weight excluding hydrogens is 244 g/mol. The Hall–Kier alpha value is -1.26. The number of amides is 2. The van der Waals surface area contributed by atoms with Crippen LogP contribution in [0, 0.1) is 5.41 Å². The minimum Gasteiger partial charge on any atom is -0.481 e. The van der Waals surface area contributed by atoms with Crippen LogP contribution in [0.25, 0.3) is 0 Å². The molecule has 19 heavy (non-hydrogen) atoms. The zero-order valence-electron chi connectivity index (χ0n) is 12.2. The summed E-state index contributed by atoms with van der Waals surface area (Å²) >= 11 is 0. The molecule has 0 bridgehead atoms. The molecule has 0 unspecified atom stereocenters. The number of carbonyl (C=O) groups is 2. The Bertz CT molecular complexity index is 325. The largest absolute Gasteiger partial charge is 0.481 e. The van der Waals surface area contributed by atoms with Crippen LogP contribution in [0.5, 0.6) is 0 Å². The number of aliphatic carboxylic acids is 1. The van der Waals surface area contributed by atoms with Crippen molar-refractivity contribution in [2.75, 3.05) is 13.1 Å². The van der Waals surface area contributed by atoms with E-state index >= 15 is 0 Å². The van der Waals surface area contributed by atoms with Gasteiger partial charge in [0, 0.05) is 25.6 Å². The average Bonchev–Trinajstić information content (AvgIpc) is 3.12. The van der Waals surface area contributed by atoms with Crippen molar-refractivity contribution >= 4 is 12.0 Å². The fourth-order valence-corrected chi connectivity index (χ4v) is 2.13. The monoisotopic (exact) mass is 270 g/mol. The molecule has 0 aromatic heterocycles. The van der Waals surface area contributed by atoms with Crippen molar-refractivity contribution in [1.82, 2.24) is 10.2 Å². The maximum Gasteiger partial charge on any atom is 0.317 e. The van der Waals surface area contributed by atoms with E-state index in [2.05, 4.69) is 5.32 Å². The van der Waals surface area contributed by atoms with Gasteiger partial charge in [-0.15, -0.1) is 0 Å². The molecule has 2 amide bonds. The number of carbonyl (C=O) groups excluding carboxylic acids is 1. The van der Waals surface area contributed by atoms with Gasteiger partial charge in [0.05, 0.1) is 0 Å². The summed E-state index contributed by atoms with van der Waals surface area (Å²) in [5.74, 6) is -0.761. The summed E-state index contributed by atoms with van der Waals surface area (Å²) in [5, 5.41) is 11.6. The van der Waals surface area contributed by atoms with Gasteiger partial charge in [-0.25, -0.2) is 4.79 Å². The van der Waals surface area contributed by atoms with Gasteiger partial charge in [-0.1, -0.05) is 13.8 Å². The predicted octanol–water partition coefficient (Wildman–Crippen LogP) is 2.46. The predicted molar refractivity (Wildman–Crippen MR) is 74.1 cm³/mol. The average molecular weight is 270 g/mol. The van der Waals surface area contributed by atoms with Gasteiger partial charge in [-0.05, 0) is 38.0 Å². The summed E-state index contributed by atoms with van der Waals surface area (Å²) in [6, 6.07) is 0.448. The van der Waals surface area contributed by atoms with E-state index in [1.54, 1.807) is 0 Å². The van der Waals surface area contributed by atoms with E-state index in [4.69, 9.17) is 5.11 Å². The van der Waals surface area contributed by atoms with Crippen molar-refractivity contribution in [2.45, 2.75) is 58.9 Å². The summed E-state index contributed by atoms with van der Waals surface area (Å²) < 4.78 is 0. The number of carboxylic acid groups (broad SMARTS) is 1. The molecule has 1 aliphatic carbocycles. The SMILES string of the molecule is CCN(C(=O)NCCC(C)(C)CCC(=O)O)C1CC1. The smallest absolute Gasteiger partial charge is 0.317 e. The summed E-state index contributed by atoms with van der Waals surface area (Å²) in [5.41, 5.74) is -0.0533. The van der Waals surface area contributed by atoms with Crippen molar-refractivity contribution in [3.63, 3.8) is 0 Å². The summed E-state index contributed by atoms with van der Waals surface area (Å²) in [4.78, 5) is 24.4. The first-order valence-electron chi connectivity index (χ1n) is 7.12. The molecule has 0 spiro atoms. The van der Waals surface area contributed by atoms with Crippen LogP contribution in [0.3, 0.4) is 0 Å². The number of hydrogen-bond donors (Lipinski definition) is 2. The molecule has 2 N–H and O–H groups in total. The van der Waals surface area contributed by atoms with Crippen LogP contribution >= 0.6 is 0 Å². The van der Waals surface area contributed by atoms with E-state index in [1.807, 2.05) is 25.7 Å². The van der Waals surface area contributed by atoms with Crippen molar-refractivity contribution in [3.8, 4) is 0 Å². The summed E-state index contributed by atoms with van der Waals surface area (Å²) in [6.45, 7) is 7.43. The molecule has 5 nitrogen and oxygen atoms in total. The van der Waals surface area contributed by atoms with Crippen molar-refractivity contribution in [2.24, 2.45) is 5.41 Å². The fourth-order valence-electron chi connectivity index (χ4n) is 2.13. The molecular formula is C14H26N2O3. The van der Waals surface area contributed by atoms with Crippen molar-refractivity contribution in [3.05, 3.63) is 0 Å². The lowest BCUT2D eigenvalue weighted by Gasteiger charge is -2.25. The van der Waals surface area contributed by atoms with E-state index in [0.717, 1.165) is 25.8 Å². The number of urea groups is 1. The highest BCUT2D eigenvalue weighted by Gasteiger charge is 2.31. The van der Waals surface area contributed by atoms with Gasteiger partial charge in [0.15, 0.2) is 0 Å². The lowest BCUT2D eigenvalue weighted by Crippen LogP contribution is -2.42. The molecule has 0 aromatic carbocycles. The maximum atomic E-state index is 11.9. The van der Waals surface area contributed by atoms with Gasteiger partial charge in [0.2, 0.25) is 0 Å². The molecule has 0 saturated heterocycles. The normalized spacial score (nSPS) is 15.1. The third-order valence-electron chi connectivity index (χ3n) is 3.68. The minimum absolute atomic E-state index is 0.0130. The highest BCUT2D eigenvalue weighted by Crippen LogP contribution is 2.27. The third-order valence-corrected chi connectivity index (χ3v) is 3.68. The van der Waals surface area contributed by atoms with E-state index in [0.29, 0.717) is 19.0 Å². The second kappa shape index (κ2) is 6.78. The first-order chi connectivity index (χ1) is 8.85. The number of rotatable bonds is 8. The zero-order valence-corrected chi connectivity index (χ0v) is 12.2. The highest BCUT2D eigenvalue weighted by molar-refractivity contribution is 5.74. The molecule has 0 aromatic rings. The molecule has 5 heteroatoms. The second-order valence-electron chi connectivity index (χ2n) is 6.06. The van der Waals surface area contributed by atoms with Crippen molar-refractivity contribution < 1.29 is 14.7 Å². The molecule has 1 rings (SSSR count). The highest BCUT2D eigenvalue weighted by atomic mass is 16.4. The number of carboxylic acids is 1. The van der Waals surface area contributed by atoms with Crippen molar-refractivity contribution in [1.29, 1.82) is 0 Å². The molecule has 1 aliphatic rings. The van der Waals surface area contributed by atoms with Gasteiger partial charge in [0.25, 0.3) is 0 Å². The lowest BCUT2D eigenvalue weighted by molar-refractivity contribution is -0.137. The van der Waals surface area contributed by atoms with Crippen LogP contribution < -0.4 is 5.32 Å². The van der Waals surface area contributed by atoms with Crippen LogP contribution in [0.2, 0.25) is 0 Å². The quantitative estimate of drug-likeness (QED) is 0.712. The van der Waals surface area contributed by atoms with Crippen LogP contribution in [-0.4, -0.2) is 41.1 Å². The topological polar surface area (TPSA) is 69.6 Å². The second-order valence-corrected chi connectivity index (χ2v) is 6.06. The number of hydrogen-bond acceptors (Lipinski definition) is 2. The third kappa shape index (κ3) is 5.94. The molecule has 0 atom stereocenters. The number of nitrogens with zero attached hydrogens (tertiary/aromatic N) is 1. The summed E-state index contributed by atoms with van der Waals surface area (Å²) in [7, 11) is 0. The van der Waals surface area contributed by atoms with Gasteiger partial charge in [-0.2, -0.15) is 0 Å². The van der Waals surface area contributed by atoms with E-state index in [9.17, 15) is 9.59 Å². The van der Waals surface area contributed by atoms with Crippen LogP contribution in [0.15, 0.2) is 0 Å². The van der Waals surface area contributed by atoms with Gasteiger partial charge >= 0.3 is 12.0 Å². The molecule has 110 valence electrons. The molecule has 0 radical (unpaired) electrons. The Morgan fingerprint density at radius 2 is 1.95 bits per heavy atom. The van der Waals surface area contributed by atoms with Gasteiger partial charge in [-0.3, -0.25) is 4.79 Å². The molecule has 1 fully saturated rings. The van der Waals surface area contributed by atoms with Crippen LogP contribution in [0.4, 0.5) is 4.79 Å². The Morgan fingerprint density at radius 1 is 1.32 bits per heavy atom. The first kappa shape index (κ1) is 15.8. The fraction of sp³-hybridized carbons (Fsp3) is 0.857. The minimum atomic E-state index is -0.761. The Balaban J connectivity index is 2.24. The van der Waals surface area contributed by atoms with E-state index in [1.165, 1.54) is 0 Å². The number of nitrogens with one attached hydrogen (secondary N) is 1. The molecule has 1 saturated carbocycles. The van der Waals surface area contributed by atoms with E-state index in [-0.39, 0.29) is 17.9 Å². The standard InChI is InChI=1S/C14H26N2O3/c1-4-16(11-5-6-11)13(19)15-10-9-14(2,3)8-7-12(17)18/h11H,4-10H2,1-3H3,(H,15,19)(H,17,18).